The summed E-state index contributed by atoms with van der Waals surface area (Å²) in [4.78, 5) is 26.8. The van der Waals surface area contributed by atoms with Gasteiger partial charge in [0, 0.05) is 11.3 Å². The summed E-state index contributed by atoms with van der Waals surface area (Å²) < 4.78 is 18.4. The number of fused-ring (bicyclic) bond motifs is 1. The Labute approximate surface area is 139 Å². The van der Waals surface area contributed by atoms with Gasteiger partial charge >= 0.3 is 5.97 Å². The highest BCUT2D eigenvalue weighted by atomic mass is 19.1. The minimum atomic E-state index is -0.850. The highest BCUT2D eigenvalue weighted by Gasteiger charge is 2.43. The number of ether oxygens (including phenoxy) is 1. The topological polar surface area (TPSA) is 46.6 Å². The van der Waals surface area contributed by atoms with Crippen LogP contribution >= 0.6 is 0 Å². The third-order valence-electron chi connectivity index (χ3n) is 4.28. The lowest BCUT2D eigenvalue weighted by atomic mass is 9.98. The van der Waals surface area contributed by atoms with Crippen molar-refractivity contribution in [3.63, 3.8) is 0 Å². The number of carbonyl (C=O) groups excluding carboxylic acids is 2. The molecule has 5 heteroatoms. The third-order valence-corrected chi connectivity index (χ3v) is 4.28. The SMILES string of the molecule is CCOC(=O)C1c2cc(C)c(C)cc2C(=O)N1c1ccc(F)cc1. The molecule has 0 bridgehead atoms. The molecule has 1 unspecified atom stereocenters. The summed E-state index contributed by atoms with van der Waals surface area (Å²) in [5.74, 6) is -1.17. The highest BCUT2D eigenvalue weighted by molar-refractivity contribution is 6.15. The molecular weight excluding hydrogens is 309 g/mol. The molecule has 1 heterocycles. The molecule has 3 rings (SSSR count). The summed E-state index contributed by atoms with van der Waals surface area (Å²) in [6.07, 6.45) is 0. The van der Waals surface area contributed by atoms with Crippen molar-refractivity contribution in [2.24, 2.45) is 0 Å². The molecule has 2 aromatic rings. The molecule has 0 N–H and O–H groups in total. The maximum Gasteiger partial charge on any atom is 0.333 e. The predicted octanol–water partition coefficient (Wildman–Crippen LogP) is 3.71. The van der Waals surface area contributed by atoms with Crippen LogP contribution in [0, 0.1) is 19.7 Å². The Morgan fingerprint density at radius 1 is 1.17 bits per heavy atom. The molecule has 1 aliphatic heterocycles. The quantitative estimate of drug-likeness (QED) is 0.808. The molecule has 0 spiro atoms. The van der Waals surface area contributed by atoms with Crippen molar-refractivity contribution >= 4 is 17.6 Å². The number of carbonyl (C=O) groups is 2. The van der Waals surface area contributed by atoms with Gasteiger partial charge in [0.2, 0.25) is 0 Å². The van der Waals surface area contributed by atoms with E-state index in [0.717, 1.165) is 11.1 Å². The zero-order chi connectivity index (χ0) is 17.4. The van der Waals surface area contributed by atoms with Gasteiger partial charge in [0.05, 0.1) is 6.61 Å². The second kappa shape index (κ2) is 6.07. The summed E-state index contributed by atoms with van der Waals surface area (Å²) >= 11 is 0. The Hall–Kier alpha value is -2.69. The lowest BCUT2D eigenvalue weighted by molar-refractivity contribution is -0.144. The summed E-state index contributed by atoms with van der Waals surface area (Å²) in [5.41, 5.74) is 3.56. The van der Waals surface area contributed by atoms with Gasteiger partial charge < -0.3 is 4.74 Å². The zero-order valence-electron chi connectivity index (χ0n) is 13.8. The summed E-state index contributed by atoms with van der Waals surface area (Å²) in [6.45, 7) is 5.80. The van der Waals surface area contributed by atoms with Crippen molar-refractivity contribution in [2.75, 3.05) is 11.5 Å². The minimum absolute atomic E-state index is 0.223. The second-order valence-corrected chi connectivity index (χ2v) is 5.83. The van der Waals surface area contributed by atoms with E-state index in [9.17, 15) is 14.0 Å². The van der Waals surface area contributed by atoms with Gasteiger partial charge in [0.1, 0.15) is 5.82 Å². The van der Waals surface area contributed by atoms with E-state index in [1.165, 1.54) is 29.2 Å². The van der Waals surface area contributed by atoms with Gasteiger partial charge in [-0.3, -0.25) is 9.69 Å². The molecular formula is C19H18FNO3. The molecule has 0 saturated carbocycles. The summed E-state index contributed by atoms with van der Waals surface area (Å²) in [7, 11) is 0. The van der Waals surface area contributed by atoms with Crippen LogP contribution in [-0.2, 0) is 9.53 Å². The Morgan fingerprint density at radius 2 is 1.79 bits per heavy atom. The van der Waals surface area contributed by atoms with Crippen molar-refractivity contribution in [2.45, 2.75) is 26.8 Å². The Balaban J connectivity index is 2.15. The second-order valence-electron chi connectivity index (χ2n) is 5.83. The number of aryl methyl sites for hydroxylation is 2. The number of halogens is 1. The van der Waals surface area contributed by atoms with Crippen LogP contribution in [0.4, 0.5) is 10.1 Å². The molecule has 1 amide bonds. The molecule has 0 fully saturated rings. The number of hydrogen-bond donors (Lipinski definition) is 0. The lowest BCUT2D eigenvalue weighted by Gasteiger charge is -2.23. The first kappa shape index (κ1) is 16.2. The Kier molecular flexibility index (Phi) is 4.09. The summed E-state index contributed by atoms with van der Waals surface area (Å²) in [5, 5.41) is 0. The summed E-state index contributed by atoms with van der Waals surface area (Å²) in [6, 6.07) is 8.32. The predicted molar refractivity (Wildman–Crippen MR) is 88.5 cm³/mol. The van der Waals surface area contributed by atoms with Crippen molar-refractivity contribution in [3.05, 3.63) is 64.5 Å². The molecule has 0 aliphatic carbocycles. The van der Waals surface area contributed by atoms with Crippen molar-refractivity contribution < 1.29 is 18.7 Å². The van der Waals surface area contributed by atoms with E-state index in [0.29, 0.717) is 16.8 Å². The van der Waals surface area contributed by atoms with E-state index in [-0.39, 0.29) is 12.5 Å². The van der Waals surface area contributed by atoms with Gasteiger partial charge in [-0.15, -0.1) is 0 Å². The molecule has 0 saturated heterocycles. The van der Waals surface area contributed by atoms with Crippen LogP contribution < -0.4 is 4.90 Å². The molecule has 24 heavy (non-hydrogen) atoms. The Morgan fingerprint density at radius 3 is 2.42 bits per heavy atom. The van der Waals surface area contributed by atoms with Crippen molar-refractivity contribution in [3.8, 4) is 0 Å². The number of esters is 1. The van der Waals surface area contributed by atoms with Gasteiger partial charge in [-0.05, 0) is 67.8 Å². The Bertz CT molecular complexity index is 814. The molecule has 0 aromatic heterocycles. The fourth-order valence-electron chi connectivity index (χ4n) is 2.96. The molecule has 1 atom stereocenters. The van der Waals surface area contributed by atoms with Crippen LogP contribution in [0.3, 0.4) is 0 Å². The largest absolute Gasteiger partial charge is 0.464 e. The van der Waals surface area contributed by atoms with Crippen molar-refractivity contribution in [1.29, 1.82) is 0 Å². The van der Waals surface area contributed by atoms with Gasteiger partial charge in [-0.2, -0.15) is 0 Å². The fraction of sp³-hybridized carbons (Fsp3) is 0.263. The van der Waals surface area contributed by atoms with Crippen LogP contribution in [0.15, 0.2) is 36.4 Å². The first-order valence-corrected chi connectivity index (χ1v) is 7.81. The van der Waals surface area contributed by atoms with E-state index in [1.54, 1.807) is 13.0 Å². The molecule has 4 nitrogen and oxygen atoms in total. The van der Waals surface area contributed by atoms with Crippen LogP contribution in [0.25, 0.3) is 0 Å². The molecule has 0 radical (unpaired) electrons. The standard InChI is InChI=1S/C19H18FNO3/c1-4-24-19(23)17-15-9-11(2)12(3)10-16(15)18(22)21(17)14-7-5-13(20)6-8-14/h5-10,17H,4H2,1-3H3. The van der Waals surface area contributed by atoms with E-state index in [2.05, 4.69) is 0 Å². The minimum Gasteiger partial charge on any atom is -0.464 e. The lowest BCUT2D eigenvalue weighted by Crippen LogP contribution is -2.33. The van der Waals surface area contributed by atoms with Crippen LogP contribution in [0.5, 0.6) is 0 Å². The van der Waals surface area contributed by atoms with E-state index >= 15 is 0 Å². The average Bonchev–Trinajstić information content (AvgIpc) is 2.82. The maximum atomic E-state index is 13.2. The first-order valence-electron chi connectivity index (χ1n) is 7.81. The van der Waals surface area contributed by atoms with Gasteiger partial charge in [0.25, 0.3) is 5.91 Å². The van der Waals surface area contributed by atoms with Crippen LogP contribution in [0.1, 0.15) is 40.0 Å². The monoisotopic (exact) mass is 327 g/mol. The number of amides is 1. The third kappa shape index (κ3) is 2.56. The molecule has 1 aliphatic rings. The van der Waals surface area contributed by atoms with Gasteiger partial charge in [-0.1, -0.05) is 6.07 Å². The van der Waals surface area contributed by atoms with E-state index in [1.807, 2.05) is 19.9 Å². The fourth-order valence-corrected chi connectivity index (χ4v) is 2.96. The van der Waals surface area contributed by atoms with Crippen molar-refractivity contribution in [1.82, 2.24) is 0 Å². The number of benzene rings is 2. The molecule has 124 valence electrons. The smallest absolute Gasteiger partial charge is 0.333 e. The maximum absolute atomic E-state index is 13.2. The van der Waals surface area contributed by atoms with Gasteiger partial charge in [-0.25, -0.2) is 9.18 Å². The first-order chi connectivity index (χ1) is 11.4. The number of hydrogen-bond acceptors (Lipinski definition) is 3. The van der Waals surface area contributed by atoms with Crippen LogP contribution in [0.2, 0.25) is 0 Å². The normalized spacial score (nSPS) is 16.2. The molecule has 2 aromatic carbocycles. The zero-order valence-corrected chi connectivity index (χ0v) is 13.8. The number of nitrogens with zero attached hydrogens (tertiary/aromatic N) is 1. The van der Waals surface area contributed by atoms with E-state index in [4.69, 9.17) is 4.74 Å². The van der Waals surface area contributed by atoms with Gasteiger partial charge in [0.15, 0.2) is 6.04 Å². The van der Waals surface area contributed by atoms with E-state index < -0.39 is 17.8 Å². The van der Waals surface area contributed by atoms with Crippen LogP contribution in [-0.4, -0.2) is 18.5 Å². The number of rotatable bonds is 3. The number of anilines is 1. The highest BCUT2D eigenvalue weighted by Crippen LogP contribution is 2.39. The average molecular weight is 327 g/mol.